The van der Waals surface area contributed by atoms with Crippen LogP contribution in [0.4, 0.5) is 14.5 Å². The lowest BCUT2D eigenvalue weighted by molar-refractivity contribution is -0.126. The monoisotopic (exact) mass is 229 g/mol. The van der Waals surface area contributed by atoms with Crippen molar-refractivity contribution in [3.8, 4) is 0 Å². The van der Waals surface area contributed by atoms with Crippen LogP contribution in [0.2, 0.25) is 0 Å². The highest BCUT2D eigenvalue weighted by Crippen LogP contribution is 2.11. The van der Waals surface area contributed by atoms with Gasteiger partial charge >= 0.3 is 12.4 Å². The van der Waals surface area contributed by atoms with Gasteiger partial charge in [-0.1, -0.05) is 0 Å². The Bertz CT molecular complexity index is 390. The molecule has 0 saturated heterocycles. The number of methoxy groups -OCH3 is 1. The SMILES string of the molecule is COC(=O)c1ccc(NC(=O)C(F)F)cc1. The van der Waals surface area contributed by atoms with Crippen LogP contribution in [0.1, 0.15) is 10.4 Å². The summed E-state index contributed by atoms with van der Waals surface area (Å²) in [4.78, 5) is 21.7. The van der Waals surface area contributed by atoms with Crippen LogP contribution in [-0.2, 0) is 9.53 Å². The van der Waals surface area contributed by atoms with E-state index < -0.39 is 18.3 Å². The number of halogens is 2. The van der Waals surface area contributed by atoms with Gasteiger partial charge in [0.2, 0.25) is 0 Å². The number of rotatable bonds is 3. The van der Waals surface area contributed by atoms with Gasteiger partial charge < -0.3 is 10.1 Å². The standard InChI is InChI=1S/C10H9F2NO3/c1-16-10(15)6-2-4-7(5-3-6)13-9(14)8(11)12/h2-5,8H,1H3,(H,13,14). The molecule has 1 rings (SSSR count). The number of carbonyl (C=O) groups excluding carboxylic acids is 2. The molecule has 0 spiro atoms. The lowest BCUT2D eigenvalue weighted by Gasteiger charge is -2.04. The van der Waals surface area contributed by atoms with Gasteiger partial charge in [0, 0.05) is 5.69 Å². The maximum atomic E-state index is 11.9. The molecule has 0 unspecified atom stereocenters. The van der Waals surface area contributed by atoms with Crippen molar-refractivity contribution in [1.82, 2.24) is 0 Å². The van der Waals surface area contributed by atoms with E-state index >= 15 is 0 Å². The van der Waals surface area contributed by atoms with Gasteiger partial charge in [-0.05, 0) is 24.3 Å². The minimum Gasteiger partial charge on any atom is -0.465 e. The van der Waals surface area contributed by atoms with Gasteiger partial charge in [-0.2, -0.15) is 8.78 Å². The Hall–Kier alpha value is -1.98. The number of anilines is 1. The van der Waals surface area contributed by atoms with Crippen LogP contribution >= 0.6 is 0 Å². The molecule has 0 atom stereocenters. The number of carbonyl (C=O) groups is 2. The van der Waals surface area contributed by atoms with E-state index in [1.807, 2.05) is 5.32 Å². The molecule has 6 heteroatoms. The average molecular weight is 229 g/mol. The second-order valence-corrected chi connectivity index (χ2v) is 2.86. The first-order chi connectivity index (χ1) is 7.54. The van der Waals surface area contributed by atoms with E-state index in [2.05, 4.69) is 4.74 Å². The number of nitrogens with one attached hydrogen (secondary N) is 1. The Morgan fingerprint density at radius 3 is 2.25 bits per heavy atom. The summed E-state index contributed by atoms with van der Waals surface area (Å²) in [6.07, 6.45) is -3.07. The smallest absolute Gasteiger partial charge is 0.337 e. The van der Waals surface area contributed by atoms with Gasteiger partial charge in [0.15, 0.2) is 0 Å². The Kier molecular flexibility index (Phi) is 3.93. The summed E-state index contributed by atoms with van der Waals surface area (Å²) in [5.41, 5.74) is 0.468. The highest BCUT2D eigenvalue weighted by molar-refractivity contribution is 5.94. The minimum absolute atomic E-state index is 0.193. The van der Waals surface area contributed by atoms with Crippen LogP contribution in [0.15, 0.2) is 24.3 Å². The topological polar surface area (TPSA) is 55.4 Å². The largest absolute Gasteiger partial charge is 0.465 e. The number of amides is 1. The molecule has 0 aliphatic heterocycles. The van der Waals surface area contributed by atoms with E-state index in [1.165, 1.54) is 31.4 Å². The predicted molar refractivity (Wildman–Crippen MR) is 52.4 cm³/mol. The van der Waals surface area contributed by atoms with Gasteiger partial charge in [0.05, 0.1) is 12.7 Å². The van der Waals surface area contributed by atoms with Crippen LogP contribution < -0.4 is 5.32 Å². The van der Waals surface area contributed by atoms with Crippen molar-refractivity contribution in [2.75, 3.05) is 12.4 Å². The molecule has 1 aromatic rings. The molecule has 0 bridgehead atoms. The highest BCUT2D eigenvalue weighted by atomic mass is 19.3. The Balaban J connectivity index is 2.72. The van der Waals surface area contributed by atoms with Gasteiger partial charge in [-0.3, -0.25) is 4.79 Å². The molecule has 86 valence electrons. The quantitative estimate of drug-likeness (QED) is 0.802. The summed E-state index contributed by atoms with van der Waals surface area (Å²) in [7, 11) is 1.23. The third kappa shape index (κ3) is 3.01. The Morgan fingerprint density at radius 1 is 1.25 bits per heavy atom. The van der Waals surface area contributed by atoms with Crippen molar-refractivity contribution in [2.24, 2.45) is 0 Å². The zero-order chi connectivity index (χ0) is 12.1. The van der Waals surface area contributed by atoms with E-state index in [0.717, 1.165) is 0 Å². The minimum atomic E-state index is -3.07. The molecule has 0 radical (unpaired) electrons. The summed E-state index contributed by atoms with van der Waals surface area (Å²) in [5, 5.41) is 1.98. The number of esters is 1. The molecule has 0 aromatic heterocycles. The molecule has 0 saturated carbocycles. The fourth-order valence-electron chi connectivity index (χ4n) is 1.00. The highest BCUT2D eigenvalue weighted by Gasteiger charge is 2.15. The summed E-state index contributed by atoms with van der Waals surface area (Å²) in [6, 6.07) is 5.42. The molecule has 0 heterocycles. The fourth-order valence-corrected chi connectivity index (χ4v) is 1.00. The molecular weight excluding hydrogens is 220 g/mol. The first-order valence-electron chi connectivity index (χ1n) is 4.32. The predicted octanol–water partition coefficient (Wildman–Crippen LogP) is 1.68. The van der Waals surface area contributed by atoms with Crippen molar-refractivity contribution in [2.45, 2.75) is 6.43 Å². The third-order valence-electron chi connectivity index (χ3n) is 1.77. The lowest BCUT2D eigenvalue weighted by Crippen LogP contribution is -2.20. The summed E-state index contributed by atoms with van der Waals surface area (Å²) in [5.74, 6) is -1.92. The molecular formula is C10H9F2NO3. The Morgan fingerprint density at radius 2 is 1.81 bits per heavy atom. The van der Waals surface area contributed by atoms with Crippen LogP contribution in [0, 0.1) is 0 Å². The maximum Gasteiger partial charge on any atom is 0.337 e. The van der Waals surface area contributed by atoms with Gasteiger partial charge in [-0.15, -0.1) is 0 Å². The van der Waals surface area contributed by atoms with E-state index in [0.29, 0.717) is 0 Å². The molecule has 4 nitrogen and oxygen atoms in total. The fraction of sp³-hybridized carbons (Fsp3) is 0.200. The Labute approximate surface area is 90.2 Å². The van der Waals surface area contributed by atoms with Gasteiger partial charge in [-0.25, -0.2) is 4.79 Å². The summed E-state index contributed by atoms with van der Waals surface area (Å²) >= 11 is 0. The first kappa shape index (κ1) is 12.1. The van der Waals surface area contributed by atoms with Gasteiger partial charge in [0.1, 0.15) is 0 Å². The van der Waals surface area contributed by atoms with Crippen LogP contribution in [-0.4, -0.2) is 25.4 Å². The number of hydrogen-bond acceptors (Lipinski definition) is 3. The normalized spacial score (nSPS) is 10.0. The van der Waals surface area contributed by atoms with Crippen molar-refractivity contribution in [1.29, 1.82) is 0 Å². The summed E-state index contributed by atoms with van der Waals surface area (Å²) in [6.45, 7) is 0. The molecule has 0 aliphatic carbocycles. The van der Waals surface area contributed by atoms with Crippen LogP contribution in [0.5, 0.6) is 0 Å². The second-order valence-electron chi connectivity index (χ2n) is 2.86. The molecule has 1 aromatic carbocycles. The molecule has 1 amide bonds. The number of ether oxygens (including phenoxy) is 1. The molecule has 0 aliphatic rings. The lowest BCUT2D eigenvalue weighted by atomic mass is 10.2. The zero-order valence-electron chi connectivity index (χ0n) is 8.37. The van der Waals surface area contributed by atoms with Gasteiger partial charge in [0.25, 0.3) is 5.91 Å². The first-order valence-corrected chi connectivity index (χ1v) is 4.32. The van der Waals surface area contributed by atoms with Crippen LogP contribution in [0.25, 0.3) is 0 Å². The number of benzene rings is 1. The number of alkyl halides is 2. The number of hydrogen-bond donors (Lipinski definition) is 1. The molecule has 16 heavy (non-hydrogen) atoms. The van der Waals surface area contributed by atoms with E-state index in [1.54, 1.807) is 0 Å². The van der Waals surface area contributed by atoms with Crippen molar-refractivity contribution in [3.63, 3.8) is 0 Å². The van der Waals surface area contributed by atoms with E-state index in [-0.39, 0.29) is 11.3 Å². The summed E-state index contributed by atoms with van der Waals surface area (Å²) < 4.78 is 28.2. The average Bonchev–Trinajstić information content (AvgIpc) is 2.28. The zero-order valence-corrected chi connectivity index (χ0v) is 8.37. The second kappa shape index (κ2) is 5.20. The van der Waals surface area contributed by atoms with E-state index in [4.69, 9.17) is 0 Å². The third-order valence-corrected chi connectivity index (χ3v) is 1.77. The molecule has 0 fully saturated rings. The van der Waals surface area contributed by atoms with Crippen LogP contribution in [0.3, 0.4) is 0 Å². The van der Waals surface area contributed by atoms with Crippen molar-refractivity contribution in [3.05, 3.63) is 29.8 Å². The maximum absolute atomic E-state index is 11.9. The van der Waals surface area contributed by atoms with Crippen molar-refractivity contribution < 1.29 is 23.1 Å². The van der Waals surface area contributed by atoms with Crippen molar-refractivity contribution >= 4 is 17.6 Å². The van der Waals surface area contributed by atoms with E-state index in [9.17, 15) is 18.4 Å². The molecule has 1 N–H and O–H groups in total.